The van der Waals surface area contributed by atoms with Gasteiger partial charge in [0.1, 0.15) is 33.9 Å². The van der Waals surface area contributed by atoms with Crippen LogP contribution in [0.25, 0.3) is 11.0 Å². The molecule has 0 unspecified atom stereocenters. The summed E-state index contributed by atoms with van der Waals surface area (Å²) in [5.41, 5.74) is 0.833. The number of aryl methyl sites for hydroxylation is 1. The summed E-state index contributed by atoms with van der Waals surface area (Å²) in [5.74, 6) is 0.148. The zero-order chi connectivity index (χ0) is 17.3. The molecule has 122 valence electrons. The van der Waals surface area contributed by atoms with Crippen LogP contribution in [0.15, 0.2) is 51.9 Å². The van der Waals surface area contributed by atoms with Gasteiger partial charge in [-0.25, -0.2) is 4.79 Å². The second-order valence-electron chi connectivity index (χ2n) is 5.07. The summed E-state index contributed by atoms with van der Waals surface area (Å²) in [6.45, 7) is 1.70. The lowest BCUT2D eigenvalue weighted by atomic mass is 10.1. The molecule has 0 N–H and O–H groups in total. The fourth-order valence-corrected chi connectivity index (χ4v) is 2.52. The second kappa shape index (κ2) is 6.37. The van der Waals surface area contributed by atoms with Crippen molar-refractivity contribution in [2.24, 2.45) is 0 Å². The summed E-state index contributed by atoms with van der Waals surface area (Å²) in [5, 5.41) is 0.331. The summed E-state index contributed by atoms with van der Waals surface area (Å²) in [7, 11) is 1.48. The molecule has 6 heteroatoms. The van der Waals surface area contributed by atoms with Crippen LogP contribution in [0.3, 0.4) is 0 Å². The summed E-state index contributed by atoms with van der Waals surface area (Å²) >= 11 is 5.77. The number of carbonyl (C=O) groups excluding carboxylic acids is 1. The van der Waals surface area contributed by atoms with Gasteiger partial charge in [-0.2, -0.15) is 0 Å². The number of rotatable bonds is 3. The molecule has 0 atom stereocenters. The maximum Gasteiger partial charge on any atom is 0.347 e. The van der Waals surface area contributed by atoms with Gasteiger partial charge in [-0.3, -0.25) is 4.79 Å². The minimum atomic E-state index is -0.564. The smallest absolute Gasteiger partial charge is 0.347 e. The summed E-state index contributed by atoms with van der Waals surface area (Å²) < 4.78 is 16.0. The van der Waals surface area contributed by atoms with Crippen molar-refractivity contribution in [2.45, 2.75) is 6.92 Å². The normalized spacial score (nSPS) is 10.6. The van der Waals surface area contributed by atoms with Crippen molar-refractivity contribution in [1.82, 2.24) is 0 Å². The molecule has 0 aliphatic rings. The van der Waals surface area contributed by atoms with Gasteiger partial charge < -0.3 is 13.9 Å². The summed E-state index contributed by atoms with van der Waals surface area (Å²) in [6, 6.07) is 9.81. The maximum atomic E-state index is 12.4. The summed E-state index contributed by atoms with van der Waals surface area (Å²) in [4.78, 5) is 24.4. The topological polar surface area (TPSA) is 65.7 Å². The third kappa shape index (κ3) is 2.74. The lowest BCUT2D eigenvalue weighted by Gasteiger charge is -2.11. The van der Waals surface area contributed by atoms with E-state index < -0.39 is 5.97 Å². The van der Waals surface area contributed by atoms with Crippen LogP contribution in [0, 0.1) is 6.92 Å². The van der Waals surface area contributed by atoms with Crippen molar-refractivity contribution in [3.8, 4) is 11.5 Å². The van der Waals surface area contributed by atoms with Crippen LogP contribution in [0.4, 0.5) is 0 Å². The van der Waals surface area contributed by atoms with E-state index in [0.29, 0.717) is 33.6 Å². The Morgan fingerprint density at radius 2 is 1.88 bits per heavy atom. The molecule has 3 aromatic rings. The van der Waals surface area contributed by atoms with E-state index in [0.717, 1.165) is 0 Å². The zero-order valence-electron chi connectivity index (χ0n) is 13.0. The molecule has 0 saturated heterocycles. The highest BCUT2D eigenvalue weighted by Gasteiger charge is 2.17. The molecule has 24 heavy (non-hydrogen) atoms. The molecule has 0 spiro atoms. The molecule has 0 amide bonds. The number of fused-ring (bicyclic) bond motifs is 1. The SMILES string of the molecule is COc1ccccc1C(=O)Oc1ccc2c(=O)c(Cl)coc2c1C. The highest BCUT2D eigenvalue weighted by Crippen LogP contribution is 2.28. The average molecular weight is 345 g/mol. The van der Waals surface area contributed by atoms with E-state index in [-0.39, 0.29) is 10.5 Å². The Kier molecular flexibility index (Phi) is 4.27. The van der Waals surface area contributed by atoms with Gasteiger partial charge in [-0.05, 0) is 31.2 Å². The highest BCUT2D eigenvalue weighted by molar-refractivity contribution is 6.30. The first-order valence-corrected chi connectivity index (χ1v) is 7.46. The van der Waals surface area contributed by atoms with Crippen molar-refractivity contribution < 1.29 is 18.7 Å². The number of para-hydroxylation sites is 1. The number of hydrogen-bond acceptors (Lipinski definition) is 5. The van der Waals surface area contributed by atoms with Gasteiger partial charge in [-0.1, -0.05) is 23.7 Å². The standard InChI is InChI=1S/C18H13ClO5/c1-10-14(8-7-12-16(20)13(19)9-23-17(10)12)24-18(21)11-5-3-4-6-15(11)22-2/h3-9H,1-2H3. The van der Waals surface area contributed by atoms with Crippen molar-refractivity contribution >= 4 is 28.5 Å². The number of benzene rings is 2. The molecular weight excluding hydrogens is 332 g/mol. The number of hydrogen-bond donors (Lipinski definition) is 0. The Bertz CT molecular complexity index is 990. The van der Waals surface area contributed by atoms with Gasteiger partial charge in [0.2, 0.25) is 5.43 Å². The number of esters is 1. The third-order valence-electron chi connectivity index (χ3n) is 3.63. The first-order chi connectivity index (χ1) is 11.5. The molecule has 1 aromatic heterocycles. The van der Waals surface area contributed by atoms with E-state index in [1.54, 1.807) is 31.2 Å². The molecule has 0 aliphatic heterocycles. The van der Waals surface area contributed by atoms with Crippen LogP contribution in [-0.2, 0) is 0 Å². The van der Waals surface area contributed by atoms with Crippen molar-refractivity contribution in [3.63, 3.8) is 0 Å². The van der Waals surface area contributed by atoms with E-state index in [2.05, 4.69) is 0 Å². The quantitative estimate of drug-likeness (QED) is 0.531. The van der Waals surface area contributed by atoms with Crippen LogP contribution in [-0.4, -0.2) is 13.1 Å². The number of halogens is 1. The maximum absolute atomic E-state index is 12.4. The monoisotopic (exact) mass is 344 g/mol. The zero-order valence-corrected chi connectivity index (χ0v) is 13.7. The molecule has 0 aliphatic carbocycles. The Morgan fingerprint density at radius 3 is 2.62 bits per heavy atom. The lowest BCUT2D eigenvalue weighted by Crippen LogP contribution is -2.11. The van der Waals surface area contributed by atoms with Crippen molar-refractivity contribution in [1.29, 1.82) is 0 Å². The van der Waals surface area contributed by atoms with Gasteiger partial charge >= 0.3 is 5.97 Å². The Morgan fingerprint density at radius 1 is 1.12 bits per heavy atom. The molecule has 1 heterocycles. The highest BCUT2D eigenvalue weighted by atomic mass is 35.5. The average Bonchev–Trinajstić information content (AvgIpc) is 2.60. The molecule has 2 aromatic carbocycles. The third-order valence-corrected chi connectivity index (χ3v) is 3.89. The van der Waals surface area contributed by atoms with Crippen LogP contribution in [0.2, 0.25) is 5.02 Å². The van der Waals surface area contributed by atoms with E-state index in [1.165, 1.54) is 25.5 Å². The molecule has 3 rings (SSSR count). The predicted octanol–water partition coefficient (Wildman–Crippen LogP) is 3.98. The fourth-order valence-electron chi connectivity index (χ4n) is 2.38. The molecule has 0 radical (unpaired) electrons. The molecule has 0 bridgehead atoms. The lowest BCUT2D eigenvalue weighted by molar-refractivity contribution is 0.0730. The Hall–Kier alpha value is -2.79. The van der Waals surface area contributed by atoms with E-state index in [4.69, 9.17) is 25.5 Å². The first kappa shape index (κ1) is 16.1. The first-order valence-electron chi connectivity index (χ1n) is 7.08. The van der Waals surface area contributed by atoms with E-state index in [9.17, 15) is 9.59 Å². The van der Waals surface area contributed by atoms with Gasteiger partial charge in [0.25, 0.3) is 0 Å². The van der Waals surface area contributed by atoms with Crippen LogP contribution in [0.1, 0.15) is 15.9 Å². The van der Waals surface area contributed by atoms with Gasteiger partial charge in [-0.15, -0.1) is 0 Å². The number of ether oxygens (including phenoxy) is 2. The number of methoxy groups -OCH3 is 1. The summed E-state index contributed by atoms with van der Waals surface area (Å²) in [6.07, 6.45) is 1.17. The Labute approximate surface area is 142 Å². The second-order valence-corrected chi connectivity index (χ2v) is 5.48. The molecule has 0 fully saturated rings. The minimum absolute atomic E-state index is 0.000617. The fraction of sp³-hybridized carbons (Fsp3) is 0.111. The van der Waals surface area contributed by atoms with Crippen LogP contribution < -0.4 is 14.9 Å². The van der Waals surface area contributed by atoms with Gasteiger partial charge in [0.15, 0.2) is 0 Å². The minimum Gasteiger partial charge on any atom is -0.496 e. The predicted molar refractivity (Wildman–Crippen MR) is 90.2 cm³/mol. The van der Waals surface area contributed by atoms with E-state index in [1.807, 2.05) is 0 Å². The number of carbonyl (C=O) groups is 1. The van der Waals surface area contributed by atoms with Crippen molar-refractivity contribution in [2.75, 3.05) is 7.11 Å². The van der Waals surface area contributed by atoms with Gasteiger partial charge in [0.05, 0.1) is 12.5 Å². The van der Waals surface area contributed by atoms with Crippen LogP contribution >= 0.6 is 11.6 Å². The molecule has 5 nitrogen and oxygen atoms in total. The largest absolute Gasteiger partial charge is 0.496 e. The molecular formula is C18H13ClO5. The van der Waals surface area contributed by atoms with Crippen molar-refractivity contribution in [3.05, 3.63) is 69.0 Å². The van der Waals surface area contributed by atoms with E-state index >= 15 is 0 Å². The molecule has 0 saturated carbocycles. The van der Waals surface area contributed by atoms with Crippen LogP contribution in [0.5, 0.6) is 11.5 Å². The van der Waals surface area contributed by atoms with Gasteiger partial charge in [0, 0.05) is 5.56 Å². The Balaban J connectivity index is 2.02.